The minimum absolute atomic E-state index is 0.0481. The molecule has 1 aromatic carbocycles. The third-order valence-corrected chi connectivity index (χ3v) is 4.50. The predicted octanol–water partition coefficient (Wildman–Crippen LogP) is 1.46. The molecule has 0 spiro atoms. The van der Waals surface area contributed by atoms with Crippen LogP contribution in [-0.2, 0) is 6.54 Å². The largest absolute Gasteiger partial charge is 0.497 e. The molecule has 3 rings (SSSR count). The molecular weight excluding hydrogens is 292 g/mol. The second kappa shape index (κ2) is 7.08. The lowest BCUT2D eigenvalue weighted by Crippen LogP contribution is -2.41. The van der Waals surface area contributed by atoms with Gasteiger partial charge in [0.15, 0.2) is 0 Å². The molecule has 3 N–H and O–H groups in total. The van der Waals surface area contributed by atoms with E-state index in [4.69, 9.17) is 4.74 Å². The van der Waals surface area contributed by atoms with Crippen LogP contribution in [0.1, 0.15) is 23.5 Å². The van der Waals surface area contributed by atoms with Crippen LogP contribution in [0.2, 0.25) is 0 Å². The van der Waals surface area contributed by atoms with Gasteiger partial charge in [-0.15, -0.1) is 0 Å². The smallest absolute Gasteiger partial charge is 0.118 e. The summed E-state index contributed by atoms with van der Waals surface area (Å²) in [6, 6.07) is 11.5. The van der Waals surface area contributed by atoms with E-state index in [0.717, 1.165) is 16.9 Å². The van der Waals surface area contributed by atoms with E-state index < -0.39 is 12.2 Å². The molecule has 4 atom stereocenters. The number of benzene rings is 1. The summed E-state index contributed by atoms with van der Waals surface area (Å²) in [5.74, 6) is 0.866. The van der Waals surface area contributed by atoms with E-state index in [-0.39, 0.29) is 12.0 Å². The maximum absolute atomic E-state index is 10.3. The SMILES string of the molecule is COc1ccc(CN[C@H]2[C@H](O)[C@H](O)C[C@@H]2c2cccnc2)cc1. The van der Waals surface area contributed by atoms with Crippen molar-refractivity contribution in [2.24, 2.45) is 0 Å². The van der Waals surface area contributed by atoms with E-state index in [0.29, 0.717) is 13.0 Å². The first-order chi connectivity index (χ1) is 11.2. The van der Waals surface area contributed by atoms with Crippen LogP contribution < -0.4 is 10.1 Å². The van der Waals surface area contributed by atoms with Gasteiger partial charge >= 0.3 is 0 Å². The van der Waals surface area contributed by atoms with Gasteiger partial charge in [-0.2, -0.15) is 0 Å². The van der Waals surface area contributed by atoms with Crippen LogP contribution in [0.25, 0.3) is 0 Å². The Labute approximate surface area is 136 Å². The fourth-order valence-corrected chi connectivity index (χ4v) is 3.20. The quantitative estimate of drug-likeness (QED) is 0.779. The summed E-state index contributed by atoms with van der Waals surface area (Å²) in [6.07, 6.45) is 2.57. The lowest BCUT2D eigenvalue weighted by Gasteiger charge is -2.24. The number of aliphatic hydroxyl groups excluding tert-OH is 2. The van der Waals surface area contributed by atoms with Crippen molar-refractivity contribution < 1.29 is 14.9 Å². The van der Waals surface area contributed by atoms with E-state index >= 15 is 0 Å². The first-order valence-electron chi connectivity index (χ1n) is 7.81. The van der Waals surface area contributed by atoms with E-state index in [9.17, 15) is 10.2 Å². The molecule has 1 saturated carbocycles. The molecule has 0 unspecified atom stereocenters. The van der Waals surface area contributed by atoms with Crippen molar-refractivity contribution in [2.45, 2.75) is 37.1 Å². The Balaban J connectivity index is 1.70. The van der Waals surface area contributed by atoms with Gasteiger partial charge in [0.25, 0.3) is 0 Å². The van der Waals surface area contributed by atoms with Crippen molar-refractivity contribution >= 4 is 0 Å². The molecule has 5 nitrogen and oxygen atoms in total. The highest BCUT2D eigenvalue weighted by atomic mass is 16.5. The molecule has 1 aliphatic carbocycles. The molecule has 0 aliphatic heterocycles. The van der Waals surface area contributed by atoms with Crippen molar-refractivity contribution in [1.29, 1.82) is 0 Å². The Morgan fingerprint density at radius 2 is 2.00 bits per heavy atom. The van der Waals surface area contributed by atoms with Gasteiger partial charge < -0.3 is 20.3 Å². The van der Waals surface area contributed by atoms with E-state index in [1.54, 1.807) is 19.5 Å². The summed E-state index contributed by atoms with van der Waals surface area (Å²) in [5, 5.41) is 23.7. The second-order valence-corrected chi connectivity index (χ2v) is 5.94. The Hall–Kier alpha value is -1.95. The maximum Gasteiger partial charge on any atom is 0.118 e. The summed E-state index contributed by atoms with van der Waals surface area (Å²) in [7, 11) is 1.64. The number of rotatable bonds is 5. The van der Waals surface area contributed by atoms with Gasteiger partial charge in [-0.3, -0.25) is 4.98 Å². The summed E-state index contributed by atoms with van der Waals surface area (Å²) in [4.78, 5) is 4.15. The van der Waals surface area contributed by atoms with E-state index in [1.165, 1.54) is 0 Å². The Bertz CT molecular complexity index is 618. The lowest BCUT2D eigenvalue weighted by molar-refractivity contribution is 0.0297. The minimum atomic E-state index is -0.779. The average Bonchev–Trinajstić information content (AvgIpc) is 2.89. The van der Waals surface area contributed by atoms with Crippen molar-refractivity contribution in [3.63, 3.8) is 0 Å². The highest BCUT2D eigenvalue weighted by Gasteiger charge is 2.41. The Morgan fingerprint density at radius 1 is 1.22 bits per heavy atom. The fraction of sp³-hybridized carbons (Fsp3) is 0.389. The maximum atomic E-state index is 10.3. The van der Waals surface area contributed by atoms with Gasteiger partial charge in [-0.1, -0.05) is 18.2 Å². The first-order valence-corrected chi connectivity index (χ1v) is 7.81. The Morgan fingerprint density at radius 3 is 2.65 bits per heavy atom. The summed E-state index contributed by atoms with van der Waals surface area (Å²) >= 11 is 0. The number of hydrogen-bond donors (Lipinski definition) is 3. The third-order valence-electron chi connectivity index (χ3n) is 4.50. The standard InChI is InChI=1S/C18H22N2O3/c1-23-14-6-4-12(5-7-14)10-20-17-15(9-16(21)18(17)22)13-3-2-8-19-11-13/h2-8,11,15-18,20-22H,9-10H2,1H3/t15-,16-,17-,18-/m1/s1. The predicted molar refractivity (Wildman–Crippen MR) is 87.2 cm³/mol. The van der Waals surface area contributed by atoms with Crippen LogP contribution in [0.3, 0.4) is 0 Å². The summed E-state index contributed by atoms with van der Waals surface area (Å²) in [6.45, 7) is 0.620. The van der Waals surface area contributed by atoms with Crippen molar-refractivity contribution in [3.05, 3.63) is 59.9 Å². The molecule has 0 saturated heterocycles. The summed E-state index contributed by atoms with van der Waals surface area (Å²) < 4.78 is 5.15. The van der Waals surface area contributed by atoms with Crippen LogP contribution in [0.4, 0.5) is 0 Å². The minimum Gasteiger partial charge on any atom is -0.497 e. The second-order valence-electron chi connectivity index (χ2n) is 5.94. The molecule has 1 aromatic heterocycles. The van der Waals surface area contributed by atoms with Gasteiger partial charge in [0.05, 0.1) is 19.3 Å². The molecule has 2 aromatic rings. The molecule has 0 bridgehead atoms. The van der Waals surface area contributed by atoms with Gasteiger partial charge in [0.2, 0.25) is 0 Å². The number of nitrogens with one attached hydrogen (secondary N) is 1. The van der Waals surface area contributed by atoms with Crippen molar-refractivity contribution in [2.75, 3.05) is 7.11 Å². The van der Waals surface area contributed by atoms with Gasteiger partial charge in [-0.25, -0.2) is 0 Å². The molecule has 5 heteroatoms. The highest BCUT2D eigenvalue weighted by Crippen LogP contribution is 2.35. The van der Waals surface area contributed by atoms with E-state index in [2.05, 4.69) is 10.3 Å². The number of ether oxygens (including phenoxy) is 1. The monoisotopic (exact) mass is 314 g/mol. The molecule has 1 aliphatic rings. The highest BCUT2D eigenvalue weighted by molar-refractivity contribution is 5.27. The number of methoxy groups -OCH3 is 1. The van der Waals surface area contributed by atoms with Gasteiger partial charge in [0, 0.05) is 30.9 Å². The number of aliphatic hydroxyl groups is 2. The first kappa shape index (κ1) is 15.9. The number of pyridine rings is 1. The van der Waals surface area contributed by atoms with Crippen LogP contribution in [0.5, 0.6) is 5.75 Å². The van der Waals surface area contributed by atoms with Gasteiger partial charge in [-0.05, 0) is 35.7 Å². The molecule has 0 radical (unpaired) electrons. The lowest BCUT2D eigenvalue weighted by atomic mass is 9.95. The van der Waals surface area contributed by atoms with Crippen LogP contribution in [-0.4, -0.2) is 40.6 Å². The van der Waals surface area contributed by atoms with Crippen molar-refractivity contribution in [3.8, 4) is 5.75 Å². The van der Waals surface area contributed by atoms with Crippen molar-refractivity contribution in [1.82, 2.24) is 10.3 Å². The van der Waals surface area contributed by atoms with Crippen LogP contribution in [0, 0.1) is 0 Å². The number of hydrogen-bond acceptors (Lipinski definition) is 5. The molecule has 1 heterocycles. The third kappa shape index (κ3) is 3.52. The van der Waals surface area contributed by atoms with Crippen LogP contribution in [0.15, 0.2) is 48.8 Å². The topological polar surface area (TPSA) is 74.6 Å². The zero-order chi connectivity index (χ0) is 16.2. The zero-order valence-electron chi connectivity index (χ0n) is 13.1. The van der Waals surface area contributed by atoms with Crippen LogP contribution >= 0.6 is 0 Å². The number of nitrogens with zero attached hydrogens (tertiary/aromatic N) is 1. The average molecular weight is 314 g/mol. The summed E-state index contributed by atoms with van der Waals surface area (Å²) in [5.41, 5.74) is 2.14. The molecule has 122 valence electrons. The fourth-order valence-electron chi connectivity index (χ4n) is 3.20. The molecule has 1 fully saturated rings. The normalized spacial score (nSPS) is 27.1. The molecular formula is C18H22N2O3. The van der Waals surface area contributed by atoms with Gasteiger partial charge in [0.1, 0.15) is 5.75 Å². The van der Waals surface area contributed by atoms with E-state index in [1.807, 2.05) is 36.4 Å². The zero-order valence-corrected chi connectivity index (χ0v) is 13.1. The molecule has 23 heavy (non-hydrogen) atoms. The Kier molecular flexibility index (Phi) is 4.91. The molecule has 0 amide bonds. The number of aromatic nitrogens is 1.